The maximum Gasteiger partial charge on any atom is 0.260 e. The third kappa shape index (κ3) is 2.87. The lowest BCUT2D eigenvalue weighted by Crippen LogP contribution is -2.41. The van der Waals surface area contributed by atoms with E-state index in [-0.39, 0.29) is 17.9 Å². The average molecular weight is 359 g/mol. The van der Waals surface area contributed by atoms with Crippen LogP contribution in [-0.4, -0.2) is 50.5 Å². The van der Waals surface area contributed by atoms with Gasteiger partial charge in [0, 0.05) is 33.0 Å². The molecule has 2 fully saturated rings. The Balaban J connectivity index is 1.30. The zero-order valence-corrected chi connectivity index (χ0v) is 15.8. The largest absolute Gasteiger partial charge is 0.480 e. The van der Waals surface area contributed by atoms with Crippen molar-refractivity contribution in [2.75, 3.05) is 19.7 Å². The zero-order chi connectivity index (χ0) is 18.5. The van der Waals surface area contributed by atoms with E-state index in [1.807, 2.05) is 32.7 Å². The fourth-order valence-electron chi connectivity index (χ4n) is 4.09. The van der Waals surface area contributed by atoms with Gasteiger partial charge < -0.3 is 14.1 Å². The van der Waals surface area contributed by atoms with Crippen LogP contribution in [0.15, 0.2) is 4.42 Å². The van der Waals surface area contributed by atoms with Crippen LogP contribution in [0.4, 0.5) is 0 Å². The van der Waals surface area contributed by atoms with Crippen LogP contribution >= 0.6 is 0 Å². The third-order valence-corrected chi connectivity index (χ3v) is 5.92. The van der Waals surface area contributed by atoms with Crippen LogP contribution in [-0.2, 0) is 11.8 Å². The van der Waals surface area contributed by atoms with Crippen LogP contribution in [0.25, 0.3) is 0 Å². The number of ether oxygens (including phenoxy) is 1. The van der Waals surface area contributed by atoms with E-state index in [1.165, 1.54) is 0 Å². The second-order valence-electron chi connectivity index (χ2n) is 7.57. The van der Waals surface area contributed by atoms with Gasteiger partial charge in [0.15, 0.2) is 12.4 Å². The van der Waals surface area contributed by atoms with Crippen molar-refractivity contribution in [1.82, 2.24) is 24.9 Å². The molecule has 1 atom stereocenters. The lowest BCUT2D eigenvalue weighted by molar-refractivity contribution is -0.135. The molecule has 4 rings (SSSR count). The van der Waals surface area contributed by atoms with Crippen LogP contribution in [0.5, 0.6) is 5.75 Å². The number of piperidine rings is 1. The molecule has 2 aliphatic rings. The lowest BCUT2D eigenvalue weighted by Gasteiger charge is -2.32. The summed E-state index contributed by atoms with van der Waals surface area (Å²) >= 11 is 0. The lowest BCUT2D eigenvalue weighted by atomic mass is 9.91. The molecule has 1 aliphatic heterocycles. The molecule has 140 valence electrons. The van der Waals surface area contributed by atoms with E-state index in [4.69, 9.17) is 9.15 Å². The van der Waals surface area contributed by atoms with Crippen LogP contribution in [0.1, 0.15) is 48.3 Å². The van der Waals surface area contributed by atoms with E-state index in [9.17, 15) is 4.79 Å². The van der Waals surface area contributed by atoms with Crippen LogP contribution in [0, 0.1) is 26.2 Å². The van der Waals surface area contributed by atoms with Gasteiger partial charge in [-0.15, -0.1) is 10.2 Å². The monoisotopic (exact) mass is 359 g/mol. The molecule has 8 heteroatoms. The Morgan fingerprint density at radius 3 is 2.58 bits per heavy atom. The maximum atomic E-state index is 12.5. The second kappa shape index (κ2) is 6.10. The van der Waals surface area contributed by atoms with Crippen molar-refractivity contribution in [2.24, 2.45) is 12.5 Å². The Morgan fingerprint density at radius 2 is 2.00 bits per heavy atom. The highest BCUT2D eigenvalue weighted by atomic mass is 16.5. The number of carbonyl (C=O) groups is 1. The smallest absolute Gasteiger partial charge is 0.260 e. The maximum absolute atomic E-state index is 12.5. The first-order chi connectivity index (χ1) is 12.4. The fraction of sp³-hybridized carbons (Fsp3) is 0.667. The van der Waals surface area contributed by atoms with Gasteiger partial charge in [0.25, 0.3) is 5.91 Å². The fourth-order valence-corrected chi connectivity index (χ4v) is 4.09. The topological polar surface area (TPSA) is 86.3 Å². The molecule has 3 heterocycles. The van der Waals surface area contributed by atoms with Crippen molar-refractivity contribution >= 4 is 5.91 Å². The molecule has 8 nitrogen and oxygen atoms in total. The number of carbonyl (C=O) groups excluding carboxylic acids is 1. The van der Waals surface area contributed by atoms with Gasteiger partial charge in [-0.05, 0) is 38.5 Å². The minimum atomic E-state index is 0.0355. The Hall–Kier alpha value is -2.38. The highest BCUT2D eigenvalue weighted by molar-refractivity contribution is 5.78. The predicted molar refractivity (Wildman–Crippen MR) is 92.8 cm³/mol. The molecule has 0 bridgehead atoms. The van der Waals surface area contributed by atoms with Gasteiger partial charge in [-0.25, -0.2) is 0 Å². The number of hydrogen-bond acceptors (Lipinski definition) is 6. The molecule has 1 amide bonds. The number of hydrogen-bond donors (Lipinski definition) is 0. The molecule has 1 spiro atoms. The Morgan fingerprint density at radius 1 is 1.27 bits per heavy atom. The molecule has 26 heavy (non-hydrogen) atoms. The number of rotatable bonds is 4. The third-order valence-electron chi connectivity index (χ3n) is 5.92. The number of nitrogens with zero attached hydrogens (tertiary/aromatic N) is 5. The standard InChI is InChI=1S/C18H25N5O3/c1-11-16(12(2)22(4)21-11)25-10-15(24)23-7-5-18(6-8-23)9-14(18)17-20-19-13(3)26-17/h14H,5-10H2,1-4H3. The number of likely N-dealkylation sites (tertiary alicyclic amines) is 1. The Bertz CT molecular complexity index is 832. The van der Waals surface area contributed by atoms with Gasteiger partial charge in [0.05, 0.1) is 5.69 Å². The molecule has 2 aromatic rings. The molecule has 0 N–H and O–H groups in total. The average Bonchev–Trinajstić information content (AvgIpc) is 3.01. The van der Waals surface area contributed by atoms with E-state index in [0.717, 1.165) is 49.6 Å². The van der Waals surface area contributed by atoms with E-state index >= 15 is 0 Å². The van der Waals surface area contributed by atoms with Crippen LogP contribution in [0.2, 0.25) is 0 Å². The summed E-state index contributed by atoms with van der Waals surface area (Å²) in [4.78, 5) is 14.4. The summed E-state index contributed by atoms with van der Waals surface area (Å²) in [6, 6.07) is 0. The van der Waals surface area contributed by atoms with Crippen molar-refractivity contribution in [2.45, 2.75) is 46.0 Å². The molecular formula is C18H25N5O3. The molecule has 1 aliphatic carbocycles. The Labute approximate surface area is 152 Å². The van der Waals surface area contributed by atoms with E-state index in [0.29, 0.717) is 17.6 Å². The second-order valence-corrected chi connectivity index (χ2v) is 7.57. The van der Waals surface area contributed by atoms with E-state index < -0.39 is 0 Å². The summed E-state index contributed by atoms with van der Waals surface area (Å²) in [7, 11) is 1.87. The van der Waals surface area contributed by atoms with Crippen molar-refractivity contribution in [3.63, 3.8) is 0 Å². The Kier molecular flexibility index (Phi) is 4.00. The molecular weight excluding hydrogens is 334 g/mol. The van der Waals surface area contributed by atoms with Gasteiger partial charge in [0.1, 0.15) is 5.69 Å². The SMILES string of the molecule is Cc1nnc(C2CC23CCN(C(=O)COc2c(C)nn(C)c2C)CC3)o1. The molecule has 1 unspecified atom stereocenters. The highest BCUT2D eigenvalue weighted by Gasteiger charge is 2.58. The molecule has 0 radical (unpaired) electrons. The van der Waals surface area contributed by atoms with Crippen molar-refractivity contribution in [3.8, 4) is 5.75 Å². The van der Waals surface area contributed by atoms with Gasteiger partial charge in [-0.3, -0.25) is 9.48 Å². The first-order valence-electron chi connectivity index (χ1n) is 9.10. The molecule has 1 saturated heterocycles. The summed E-state index contributed by atoms with van der Waals surface area (Å²) in [5, 5.41) is 12.4. The van der Waals surface area contributed by atoms with Gasteiger partial charge >= 0.3 is 0 Å². The van der Waals surface area contributed by atoms with Crippen molar-refractivity contribution in [1.29, 1.82) is 0 Å². The number of aryl methyl sites for hydroxylation is 3. The van der Waals surface area contributed by atoms with Crippen LogP contribution < -0.4 is 4.74 Å². The van der Waals surface area contributed by atoms with Gasteiger partial charge in [-0.1, -0.05) is 0 Å². The van der Waals surface area contributed by atoms with Gasteiger partial charge in [0.2, 0.25) is 11.8 Å². The van der Waals surface area contributed by atoms with Crippen molar-refractivity contribution in [3.05, 3.63) is 23.2 Å². The normalized spacial score (nSPS) is 21.2. The van der Waals surface area contributed by atoms with E-state index in [2.05, 4.69) is 15.3 Å². The minimum Gasteiger partial charge on any atom is -0.480 e. The molecule has 2 aromatic heterocycles. The van der Waals surface area contributed by atoms with Crippen molar-refractivity contribution < 1.29 is 13.9 Å². The zero-order valence-electron chi connectivity index (χ0n) is 15.8. The molecule has 0 aromatic carbocycles. The summed E-state index contributed by atoms with van der Waals surface area (Å²) in [5.41, 5.74) is 1.99. The first kappa shape index (κ1) is 17.1. The first-order valence-corrected chi connectivity index (χ1v) is 9.10. The molecule has 1 saturated carbocycles. The van der Waals surface area contributed by atoms with Crippen LogP contribution in [0.3, 0.4) is 0 Å². The summed E-state index contributed by atoms with van der Waals surface area (Å²) in [6.45, 7) is 7.24. The summed E-state index contributed by atoms with van der Waals surface area (Å²) in [6.07, 6.45) is 3.05. The number of amides is 1. The quantitative estimate of drug-likeness (QED) is 0.829. The van der Waals surface area contributed by atoms with Gasteiger partial charge in [-0.2, -0.15) is 5.10 Å². The summed E-state index contributed by atoms with van der Waals surface area (Å²) < 4.78 is 13.1. The summed E-state index contributed by atoms with van der Waals surface area (Å²) in [5.74, 6) is 2.48. The highest BCUT2D eigenvalue weighted by Crippen LogP contribution is 2.64. The number of aromatic nitrogens is 4. The van der Waals surface area contributed by atoms with E-state index in [1.54, 1.807) is 4.68 Å². The predicted octanol–water partition coefficient (Wildman–Crippen LogP) is 1.90. The minimum absolute atomic E-state index is 0.0355.